The van der Waals surface area contributed by atoms with Crippen molar-refractivity contribution in [3.63, 3.8) is 0 Å². The molecule has 0 atom stereocenters. The van der Waals surface area contributed by atoms with Crippen LogP contribution < -0.4 is 15.0 Å². The van der Waals surface area contributed by atoms with Crippen LogP contribution in [0.2, 0.25) is 0 Å². The minimum Gasteiger partial charge on any atom is -0.497 e. The zero-order chi connectivity index (χ0) is 14.8. The predicted molar refractivity (Wildman–Crippen MR) is 83.1 cm³/mol. The summed E-state index contributed by atoms with van der Waals surface area (Å²) in [6.45, 7) is 0. The summed E-state index contributed by atoms with van der Waals surface area (Å²) >= 11 is 0. The molecule has 3 rings (SSSR count). The summed E-state index contributed by atoms with van der Waals surface area (Å²) in [4.78, 5) is 14.8. The van der Waals surface area contributed by atoms with E-state index in [2.05, 4.69) is 4.98 Å². The third-order valence-corrected chi connectivity index (χ3v) is 3.42. The first-order chi connectivity index (χ1) is 10.2. The monoisotopic (exact) mass is 281 g/mol. The highest BCUT2D eigenvalue weighted by Gasteiger charge is 2.12. The second kappa shape index (κ2) is 5.32. The van der Waals surface area contributed by atoms with Crippen LogP contribution >= 0.6 is 0 Å². The van der Waals surface area contributed by atoms with E-state index in [1.165, 1.54) is 0 Å². The van der Waals surface area contributed by atoms with E-state index in [-0.39, 0.29) is 5.56 Å². The maximum Gasteiger partial charge on any atom is 0.249 e. The molecule has 1 N–H and O–H groups in total. The average Bonchev–Trinajstić information content (AvgIpc) is 2.53. The van der Waals surface area contributed by atoms with Gasteiger partial charge in [0.15, 0.2) is 0 Å². The zero-order valence-corrected chi connectivity index (χ0v) is 11.8. The van der Waals surface area contributed by atoms with Crippen molar-refractivity contribution in [2.45, 2.75) is 0 Å². The molecule has 1 aromatic heterocycles. The Hall–Kier alpha value is -2.75. The summed E-state index contributed by atoms with van der Waals surface area (Å²) in [6.07, 6.45) is 0. The summed E-state index contributed by atoms with van der Waals surface area (Å²) in [5, 5.41) is 0.865. The number of rotatable bonds is 3. The molecule has 0 fully saturated rings. The van der Waals surface area contributed by atoms with Crippen LogP contribution in [-0.2, 0) is 0 Å². The molecule has 0 aliphatic rings. The highest BCUT2D eigenvalue weighted by molar-refractivity contribution is 5.99. The van der Waals surface area contributed by atoms with Gasteiger partial charge in [-0.3, -0.25) is 4.79 Å². The number of ether oxygens (including phenoxy) is 2. The van der Waals surface area contributed by atoms with Crippen LogP contribution in [0.15, 0.2) is 53.3 Å². The van der Waals surface area contributed by atoms with Crippen LogP contribution in [0.4, 0.5) is 0 Å². The fourth-order valence-electron chi connectivity index (χ4n) is 2.46. The number of hydrogen-bond acceptors (Lipinski definition) is 3. The molecule has 21 heavy (non-hydrogen) atoms. The number of H-pyrrole nitrogens is 1. The van der Waals surface area contributed by atoms with Crippen LogP contribution in [0.1, 0.15) is 0 Å². The molecule has 0 amide bonds. The maximum atomic E-state index is 11.9. The molecule has 2 aromatic carbocycles. The first-order valence-corrected chi connectivity index (χ1v) is 6.57. The Bertz CT molecular complexity index is 838. The number of aromatic amines is 1. The van der Waals surface area contributed by atoms with E-state index < -0.39 is 0 Å². The summed E-state index contributed by atoms with van der Waals surface area (Å²) in [5.74, 6) is 1.31. The molecule has 0 saturated carbocycles. The maximum absolute atomic E-state index is 11.9. The van der Waals surface area contributed by atoms with Crippen LogP contribution in [-0.4, -0.2) is 19.2 Å². The molecule has 0 spiro atoms. The van der Waals surface area contributed by atoms with Crippen molar-refractivity contribution in [1.29, 1.82) is 0 Å². The van der Waals surface area contributed by atoms with E-state index in [1.54, 1.807) is 26.4 Å². The molecule has 0 saturated heterocycles. The molecule has 0 bridgehead atoms. The molecule has 106 valence electrons. The zero-order valence-electron chi connectivity index (χ0n) is 11.8. The Morgan fingerprint density at radius 1 is 0.952 bits per heavy atom. The van der Waals surface area contributed by atoms with E-state index >= 15 is 0 Å². The molecule has 4 heteroatoms. The van der Waals surface area contributed by atoms with E-state index in [9.17, 15) is 4.79 Å². The van der Waals surface area contributed by atoms with Crippen molar-refractivity contribution in [2.75, 3.05) is 14.2 Å². The van der Waals surface area contributed by atoms with Crippen molar-refractivity contribution < 1.29 is 9.47 Å². The van der Waals surface area contributed by atoms with Gasteiger partial charge in [0.25, 0.3) is 0 Å². The molecular weight excluding hydrogens is 266 g/mol. The summed E-state index contributed by atoms with van der Waals surface area (Å²) in [7, 11) is 3.19. The number of fused-ring (bicyclic) bond motifs is 1. The van der Waals surface area contributed by atoms with Crippen molar-refractivity contribution in [1.82, 2.24) is 4.98 Å². The second-order valence-corrected chi connectivity index (χ2v) is 4.67. The molecule has 3 aromatic rings. The fraction of sp³-hybridized carbons (Fsp3) is 0.118. The molecular formula is C17H15NO3. The third-order valence-electron chi connectivity index (χ3n) is 3.42. The van der Waals surface area contributed by atoms with Gasteiger partial charge >= 0.3 is 0 Å². The fourth-order valence-corrected chi connectivity index (χ4v) is 2.46. The molecule has 1 heterocycles. The van der Waals surface area contributed by atoms with Gasteiger partial charge in [-0.05, 0) is 5.56 Å². The number of nitrogens with one attached hydrogen (secondary N) is 1. The first-order valence-electron chi connectivity index (χ1n) is 6.57. The lowest BCUT2D eigenvalue weighted by Gasteiger charge is -2.12. The van der Waals surface area contributed by atoms with Gasteiger partial charge in [-0.25, -0.2) is 0 Å². The predicted octanol–water partition coefficient (Wildman–Crippen LogP) is 3.21. The van der Waals surface area contributed by atoms with Gasteiger partial charge in [0, 0.05) is 29.1 Å². The number of benzene rings is 2. The Morgan fingerprint density at radius 2 is 1.71 bits per heavy atom. The smallest absolute Gasteiger partial charge is 0.249 e. The number of methoxy groups -OCH3 is 2. The van der Waals surface area contributed by atoms with Gasteiger partial charge in [-0.1, -0.05) is 30.3 Å². The normalized spacial score (nSPS) is 10.6. The highest BCUT2D eigenvalue weighted by atomic mass is 16.5. The van der Waals surface area contributed by atoms with Crippen molar-refractivity contribution >= 4 is 10.9 Å². The van der Waals surface area contributed by atoms with Crippen LogP contribution in [0, 0.1) is 0 Å². The lowest BCUT2D eigenvalue weighted by atomic mass is 10.0. The van der Waals surface area contributed by atoms with E-state index in [1.807, 2.05) is 36.4 Å². The molecule has 4 nitrogen and oxygen atoms in total. The topological polar surface area (TPSA) is 51.3 Å². The van der Waals surface area contributed by atoms with Crippen LogP contribution in [0.25, 0.3) is 22.0 Å². The van der Waals surface area contributed by atoms with Gasteiger partial charge in [-0.15, -0.1) is 0 Å². The number of hydrogen-bond donors (Lipinski definition) is 1. The lowest BCUT2D eigenvalue weighted by molar-refractivity contribution is 0.398. The van der Waals surface area contributed by atoms with Gasteiger partial charge in [0.1, 0.15) is 11.5 Å². The Morgan fingerprint density at radius 3 is 2.38 bits per heavy atom. The quantitative estimate of drug-likeness (QED) is 0.802. The van der Waals surface area contributed by atoms with E-state index in [0.717, 1.165) is 16.5 Å². The standard InChI is InChI=1S/C17H15NO3/c1-20-12-8-14-17(15(9-12)21-2)13(10-16(19)18-14)11-6-4-3-5-7-11/h3-10H,1-2H3,(H,18,19). The molecule has 0 aliphatic heterocycles. The molecule has 0 aliphatic carbocycles. The van der Waals surface area contributed by atoms with Crippen molar-refractivity contribution in [3.8, 4) is 22.6 Å². The van der Waals surface area contributed by atoms with Crippen LogP contribution in [0.5, 0.6) is 11.5 Å². The first kappa shape index (κ1) is 13.2. The van der Waals surface area contributed by atoms with Gasteiger partial charge in [0.05, 0.1) is 19.7 Å². The largest absolute Gasteiger partial charge is 0.497 e. The van der Waals surface area contributed by atoms with Crippen molar-refractivity contribution in [2.24, 2.45) is 0 Å². The highest BCUT2D eigenvalue weighted by Crippen LogP contribution is 2.36. The summed E-state index contributed by atoms with van der Waals surface area (Å²) < 4.78 is 10.7. The summed E-state index contributed by atoms with van der Waals surface area (Å²) in [6, 6.07) is 15.0. The van der Waals surface area contributed by atoms with Crippen molar-refractivity contribution in [3.05, 3.63) is 58.9 Å². The molecule has 0 radical (unpaired) electrons. The average molecular weight is 281 g/mol. The second-order valence-electron chi connectivity index (χ2n) is 4.67. The minimum atomic E-state index is -0.156. The summed E-state index contributed by atoms with van der Waals surface area (Å²) in [5.41, 5.74) is 2.35. The Kier molecular flexibility index (Phi) is 3.36. The lowest BCUT2D eigenvalue weighted by Crippen LogP contribution is -2.06. The van der Waals surface area contributed by atoms with Crippen LogP contribution in [0.3, 0.4) is 0 Å². The Labute approximate surface area is 122 Å². The molecule has 0 unspecified atom stereocenters. The SMILES string of the molecule is COc1cc(OC)c2c(-c3ccccc3)cc(=O)[nH]c2c1. The van der Waals surface area contributed by atoms with Gasteiger partial charge in [0.2, 0.25) is 5.56 Å². The number of pyridine rings is 1. The minimum absolute atomic E-state index is 0.156. The van der Waals surface area contributed by atoms with E-state index in [4.69, 9.17) is 9.47 Å². The number of aromatic nitrogens is 1. The Balaban J connectivity index is 2.42. The van der Waals surface area contributed by atoms with Gasteiger partial charge < -0.3 is 14.5 Å². The third kappa shape index (κ3) is 2.36. The van der Waals surface area contributed by atoms with Gasteiger partial charge in [-0.2, -0.15) is 0 Å². The van der Waals surface area contributed by atoms with E-state index in [0.29, 0.717) is 17.0 Å².